The lowest BCUT2D eigenvalue weighted by Gasteiger charge is -2.24. The van der Waals surface area contributed by atoms with Crippen LogP contribution >= 0.6 is 11.8 Å². The number of halogens is 1. The number of carbonyl (C=O) groups excluding carboxylic acids is 1. The third-order valence-corrected chi connectivity index (χ3v) is 5.65. The van der Waals surface area contributed by atoms with Gasteiger partial charge in [0.25, 0.3) is 5.91 Å². The van der Waals surface area contributed by atoms with Crippen LogP contribution in [0.25, 0.3) is 0 Å². The molecule has 1 N–H and O–H groups in total. The SMILES string of the molecule is O=C(N[C@H](Cc1ccccc1)c1nnc(N2CCSCC2)o1)c1ccc(F)cc1. The molecule has 4 rings (SSSR count). The average Bonchev–Trinajstić information content (AvgIpc) is 3.25. The van der Waals surface area contributed by atoms with Crippen LogP contribution in [-0.2, 0) is 6.42 Å². The molecule has 8 heteroatoms. The van der Waals surface area contributed by atoms with Crippen LogP contribution in [0.15, 0.2) is 59.0 Å². The van der Waals surface area contributed by atoms with Crippen molar-refractivity contribution in [3.8, 4) is 0 Å². The number of hydrogen-bond acceptors (Lipinski definition) is 6. The fraction of sp³-hybridized carbons (Fsp3) is 0.286. The zero-order valence-corrected chi connectivity index (χ0v) is 16.6. The van der Waals surface area contributed by atoms with Gasteiger partial charge in [0.2, 0.25) is 5.89 Å². The highest BCUT2D eigenvalue weighted by molar-refractivity contribution is 7.99. The first kappa shape index (κ1) is 19.4. The maximum atomic E-state index is 13.2. The molecule has 3 aromatic rings. The van der Waals surface area contributed by atoms with Gasteiger partial charge in [0.1, 0.15) is 11.9 Å². The Labute approximate surface area is 172 Å². The summed E-state index contributed by atoms with van der Waals surface area (Å²) in [6.07, 6.45) is 0.505. The second-order valence-electron chi connectivity index (χ2n) is 6.74. The highest BCUT2D eigenvalue weighted by Gasteiger charge is 2.24. The molecule has 150 valence electrons. The van der Waals surface area contributed by atoms with Crippen LogP contribution in [0.3, 0.4) is 0 Å². The number of nitrogens with zero attached hydrogens (tertiary/aromatic N) is 3. The zero-order valence-electron chi connectivity index (χ0n) is 15.8. The summed E-state index contributed by atoms with van der Waals surface area (Å²) in [5, 5.41) is 11.4. The number of thioether (sulfide) groups is 1. The predicted molar refractivity (Wildman–Crippen MR) is 111 cm³/mol. The summed E-state index contributed by atoms with van der Waals surface area (Å²) >= 11 is 1.90. The molecular weight excluding hydrogens is 391 g/mol. The van der Waals surface area contributed by atoms with Gasteiger partial charge >= 0.3 is 6.01 Å². The van der Waals surface area contributed by atoms with Crippen molar-refractivity contribution in [2.24, 2.45) is 0 Å². The molecule has 0 bridgehead atoms. The van der Waals surface area contributed by atoms with E-state index < -0.39 is 6.04 Å². The smallest absolute Gasteiger partial charge is 0.318 e. The Hall–Kier alpha value is -2.87. The van der Waals surface area contributed by atoms with Gasteiger partial charge in [-0.3, -0.25) is 4.79 Å². The van der Waals surface area contributed by atoms with E-state index in [1.807, 2.05) is 42.1 Å². The number of anilines is 1. The van der Waals surface area contributed by atoms with E-state index in [0.29, 0.717) is 23.9 Å². The van der Waals surface area contributed by atoms with Crippen LogP contribution in [0.1, 0.15) is 27.9 Å². The van der Waals surface area contributed by atoms with Gasteiger partial charge in [0.05, 0.1) is 0 Å². The molecule has 0 saturated carbocycles. The van der Waals surface area contributed by atoms with E-state index in [1.165, 1.54) is 24.3 Å². The van der Waals surface area contributed by atoms with Gasteiger partial charge in [-0.2, -0.15) is 11.8 Å². The standard InChI is InChI=1S/C21H21FN4O2S/c22-17-8-6-16(7-9-17)19(27)23-18(14-15-4-2-1-3-5-15)20-24-25-21(28-20)26-10-12-29-13-11-26/h1-9,18H,10-14H2,(H,23,27)/t18-/m1/s1. The first-order valence-corrected chi connectivity index (χ1v) is 10.6. The van der Waals surface area contributed by atoms with Gasteiger partial charge < -0.3 is 14.6 Å². The maximum Gasteiger partial charge on any atom is 0.318 e. The number of rotatable bonds is 6. The van der Waals surface area contributed by atoms with Crippen molar-refractivity contribution in [2.45, 2.75) is 12.5 Å². The lowest BCUT2D eigenvalue weighted by Crippen LogP contribution is -2.32. The maximum absolute atomic E-state index is 13.2. The average molecular weight is 412 g/mol. The molecular formula is C21H21FN4O2S. The van der Waals surface area contributed by atoms with E-state index in [0.717, 1.165) is 30.2 Å². The largest absolute Gasteiger partial charge is 0.406 e. The Balaban J connectivity index is 1.55. The number of carbonyl (C=O) groups is 1. The van der Waals surface area contributed by atoms with Gasteiger partial charge in [0.15, 0.2) is 0 Å². The van der Waals surface area contributed by atoms with Gasteiger partial charge in [-0.15, -0.1) is 5.10 Å². The molecule has 0 unspecified atom stereocenters. The number of amides is 1. The number of aromatic nitrogens is 2. The van der Waals surface area contributed by atoms with E-state index in [4.69, 9.17) is 4.42 Å². The molecule has 1 aliphatic heterocycles. The van der Waals surface area contributed by atoms with Gasteiger partial charge in [0, 0.05) is 36.6 Å². The van der Waals surface area contributed by atoms with Crippen LogP contribution in [0.2, 0.25) is 0 Å². The van der Waals surface area contributed by atoms with Crippen LogP contribution in [0, 0.1) is 5.82 Å². The molecule has 1 amide bonds. The molecule has 2 aromatic carbocycles. The Bertz CT molecular complexity index is 943. The molecule has 0 spiro atoms. The molecule has 2 heterocycles. The van der Waals surface area contributed by atoms with Crippen LogP contribution in [-0.4, -0.2) is 40.7 Å². The molecule has 1 atom stereocenters. The predicted octanol–water partition coefficient (Wildman–Crippen LogP) is 3.48. The molecule has 1 fully saturated rings. The minimum Gasteiger partial charge on any atom is -0.406 e. The zero-order chi connectivity index (χ0) is 20.1. The molecule has 1 saturated heterocycles. The van der Waals surface area contributed by atoms with Crippen molar-refractivity contribution >= 4 is 23.7 Å². The van der Waals surface area contributed by atoms with Crippen LogP contribution in [0.4, 0.5) is 10.4 Å². The van der Waals surface area contributed by atoms with Crippen molar-refractivity contribution in [2.75, 3.05) is 29.5 Å². The molecule has 1 aromatic heterocycles. The van der Waals surface area contributed by atoms with E-state index >= 15 is 0 Å². The topological polar surface area (TPSA) is 71.3 Å². The van der Waals surface area contributed by atoms with Crippen molar-refractivity contribution in [3.05, 3.63) is 77.4 Å². The fourth-order valence-corrected chi connectivity index (χ4v) is 4.05. The second kappa shape index (κ2) is 9.09. The Morgan fingerprint density at radius 3 is 2.55 bits per heavy atom. The first-order chi connectivity index (χ1) is 14.2. The van der Waals surface area contributed by atoms with E-state index in [9.17, 15) is 9.18 Å². The lowest BCUT2D eigenvalue weighted by atomic mass is 10.1. The lowest BCUT2D eigenvalue weighted by molar-refractivity contribution is 0.0930. The van der Waals surface area contributed by atoms with Crippen molar-refractivity contribution in [1.82, 2.24) is 15.5 Å². The van der Waals surface area contributed by atoms with Crippen molar-refractivity contribution in [3.63, 3.8) is 0 Å². The highest BCUT2D eigenvalue weighted by atomic mass is 32.2. The Morgan fingerprint density at radius 1 is 1.10 bits per heavy atom. The van der Waals surface area contributed by atoms with E-state index in [1.54, 1.807) is 0 Å². The van der Waals surface area contributed by atoms with Crippen molar-refractivity contribution < 1.29 is 13.6 Å². The summed E-state index contributed by atoms with van der Waals surface area (Å²) in [6.45, 7) is 1.72. The minimum atomic E-state index is -0.490. The molecule has 0 radical (unpaired) electrons. The summed E-state index contributed by atoms with van der Waals surface area (Å²) in [6, 6.07) is 15.2. The molecule has 6 nitrogen and oxygen atoms in total. The monoisotopic (exact) mass is 412 g/mol. The first-order valence-electron chi connectivity index (χ1n) is 9.45. The van der Waals surface area contributed by atoms with Crippen LogP contribution < -0.4 is 10.2 Å². The highest BCUT2D eigenvalue weighted by Crippen LogP contribution is 2.23. The summed E-state index contributed by atoms with van der Waals surface area (Å²) < 4.78 is 19.1. The summed E-state index contributed by atoms with van der Waals surface area (Å²) in [7, 11) is 0. The van der Waals surface area contributed by atoms with Gasteiger partial charge in [-0.25, -0.2) is 4.39 Å². The Morgan fingerprint density at radius 2 is 1.83 bits per heavy atom. The van der Waals surface area contributed by atoms with Crippen molar-refractivity contribution in [1.29, 1.82) is 0 Å². The molecule has 29 heavy (non-hydrogen) atoms. The second-order valence-corrected chi connectivity index (χ2v) is 7.97. The Kier molecular flexibility index (Phi) is 6.09. The van der Waals surface area contributed by atoms with E-state index in [-0.39, 0.29) is 11.7 Å². The number of hydrogen-bond donors (Lipinski definition) is 1. The normalized spacial score (nSPS) is 15.1. The minimum absolute atomic E-state index is 0.319. The third kappa shape index (κ3) is 4.95. The van der Waals surface area contributed by atoms with Gasteiger partial charge in [-0.05, 0) is 29.8 Å². The number of benzene rings is 2. The summed E-state index contributed by atoms with van der Waals surface area (Å²) in [4.78, 5) is 14.8. The summed E-state index contributed by atoms with van der Waals surface area (Å²) in [5.74, 6) is 1.69. The quantitative estimate of drug-likeness (QED) is 0.668. The number of nitrogens with one attached hydrogen (secondary N) is 1. The van der Waals surface area contributed by atoms with E-state index in [2.05, 4.69) is 20.4 Å². The molecule has 1 aliphatic rings. The fourth-order valence-electron chi connectivity index (χ4n) is 3.14. The third-order valence-electron chi connectivity index (χ3n) is 4.70. The van der Waals surface area contributed by atoms with Crippen LogP contribution in [0.5, 0.6) is 0 Å². The molecule has 0 aliphatic carbocycles. The summed E-state index contributed by atoms with van der Waals surface area (Å²) in [5.41, 5.74) is 1.41. The van der Waals surface area contributed by atoms with Gasteiger partial charge in [-0.1, -0.05) is 35.4 Å².